The highest BCUT2D eigenvalue weighted by Gasteiger charge is 2.44. The number of methoxy groups -OCH3 is 2. The molecule has 0 fully saturated rings. The molecular formula is C32H33N5O5. The van der Waals surface area contributed by atoms with Crippen LogP contribution in [0.25, 0.3) is 5.65 Å². The zero-order valence-electron chi connectivity index (χ0n) is 24.6. The summed E-state index contributed by atoms with van der Waals surface area (Å²) >= 11 is 0. The zero-order valence-corrected chi connectivity index (χ0v) is 24.6. The molecule has 0 amide bonds. The Hall–Kier alpha value is -4.73. The van der Waals surface area contributed by atoms with Crippen molar-refractivity contribution in [2.24, 2.45) is 10.6 Å². The summed E-state index contributed by atoms with van der Waals surface area (Å²) in [6, 6.07) is 13.7. The molecule has 10 heteroatoms. The third kappa shape index (κ3) is 4.97. The van der Waals surface area contributed by atoms with E-state index in [2.05, 4.69) is 29.1 Å². The van der Waals surface area contributed by atoms with E-state index in [0.717, 1.165) is 16.8 Å². The van der Waals surface area contributed by atoms with Crippen LogP contribution in [-0.2, 0) is 16.2 Å². The summed E-state index contributed by atoms with van der Waals surface area (Å²) in [7, 11) is 3.18. The maximum absolute atomic E-state index is 13.7. The van der Waals surface area contributed by atoms with Crippen LogP contribution in [0.2, 0.25) is 0 Å². The maximum atomic E-state index is 13.7. The number of carbonyl (C=O) groups is 1. The first-order valence-corrected chi connectivity index (χ1v) is 13.8. The molecule has 0 saturated heterocycles. The highest BCUT2D eigenvalue weighted by molar-refractivity contribution is 6.00. The van der Waals surface area contributed by atoms with E-state index in [1.165, 1.54) is 5.56 Å². The van der Waals surface area contributed by atoms with Crippen LogP contribution in [0, 0.1) is 12.3 Å². The number of hydrogen-bond acceptors (Lipinski definition) is 9. The summed E-state index contributed by atoms with van der Waals surface area (Å²) in [6.07, 6.45) is 2.60. The first kappa shape index (κ1) is 27.4. The van der Waals surface area contributed by atoms with Gasteiger partial charge in [-0.05, 0) is 42.5 Å². The number of nitrogens with zero attached hydrogens (tertiary/aromatic N) is 5. The molecule has 3 heterocycles. The minimum atomic E-state index is -0.483. The van der Waals surface area contributed by atoms with Crippen LogP contribution >= 0.6 is 0 Å². The van der Waals surface area contributed by atoms with Crippen molar-refractivity contribution in [3.8, 4) is 17.4 Å². The molecule has 2 aromatic carbocycles. The van der Waals surface area contributed by atoms with Gasteiger partial charge in [-0.15, -0.1) is 5.10 Å². The van der Waals surface area contributed by atoms with Crippen molar-refractivity contribution in [3.63, 3.8) is 0 Å². The standard InChI is InChI=1S/C32H33N5O5/c1-18-7-9-20(10-8-18)19(2)36-41-16-26-34-30-29-27(21-11-12-23(39-5)24(13-21)40-6)28-22(38)14-32(3,4)15-25(28)42-31(29)33-17-37(30)35-26/h7-13,17,27H,14-16H2,1-6H3/b36-19+/t27-/m1/s1. The van der Waals surface area contributed by atoms with Gasteiger partial charge in [0.05, 0.1) is 31.4 Å². The fourth-order valence-corrected chi connectivity index (χ4v) is 5.65. The van der Waals surface area contributed by atoms with E-state index in [4.69, 9.17) is 24.0 Å². The largest absolute Gasteiger partial charge is 0.493 e. The van der Waals surface area contributed by atoms with Gasteiger partial charge in [0, 0.05) is 18.4 Å². The van der Waals surface area contributed by atoms with Crippen LogP contribution in [0.5, 0.6) is 17.4 Å². The highest BCUT2D eigenvalue weighted by atomic mass is 16.6. The van der Waals surface area contributed by atoms with Crippen LogP contribution in [0.4, 0.5) is 0 Å². The molecule has 1 atom stereocenters. The number of Topliss-reactive ketones (excluding diaryl/α,β-unsaturated/α-hetero) is 1. The average Bonchev–Trinajstić information content (AvgIpc) is 3.38. The Morgan fingerprint density at radius 1 is 1.10 bits per heavy atom. The van der Waals surface area contributed by atoms with Gasteiger partial charge in [0.25, 0.3) is 0 Å². The Morgan fingerprint density at radius 3 is 2.60 bits per heavy atom. The second-order valence-corrected chi connectivity index (χ2v) is 11.5. The quantitative estimate of drug-likeness (QED) is 0.211. The summed E-state index contributed by atoms with van der Waals surface area (Å²) in [5, 5.41) is 8.85. The number of benzene rings is 2. The third-order valence-electron chi connectivity index (χ3n) is 7.71. The molecule has 0 unspecified atom stereocenters. The molecule has 1 aliphatic heterocycles. The van der Waals surface area contributed by atoms with Crippen molar-refractivity contribution in [1.82, 2.24) is 19.6 Å². The normalized spacial score (nSPS) is 17.9. The molecule has 6 rings (SSSR count). The van der Waals surface area contributed by atoms with Crippen molar-refractivity contribution in [2.45, 2.75) is 53.1 Å². The Bertz CT molecular complexity index is 1750. The molecule has 10 nitrogen and oxygen atoms in total. The van der Waals surface area contributed by atoms with E-state index < -0.39 is 5.92 Å². The lowest BCUT2D eigenvalue weighted by molar-refractivity contribution is -0.118. The van der Waals surface area contributed by atoms with Crippen LogP contribution in [0.3, 0.4) is 0 Å². The van der Waals surface area contributed by atoms with Gasteiger partial charge >= 0.3 is 0 Å². The average molecular weight is 568 g/mol. The molecule has 0 bridgehead atoms. The van der Waals surface area contributed by atoms with Crippen molar-refractivity contribution >= 4 is 17.1 Å². The van der Waals surface area contributed by atoms with E-state index in [0.29, 0.717) is 58.6 Å². The molecule has 4 aromatic rings. The predicted molar refractivity (Wildman–Crippen MR) is 156 cm³/mol. The van der Waals surface area contributed by atoms with E-state index in [1.807, 2.05) is 56.3 Å². The zero-order chi connectivity index (χ0) is 29.6. The third-order valence-corrected chi connectivity index (χ3v) is 7.71. The predicted octanol–water partition coefficient (Wildman–Crippen LogP) is 5.56. The lowest BCUT2D eigenvalue weighted by Gasteiger charge is -2.37. The van der Waals surface area contributed by atoms with Crippen LogP contribution < -0.4 is 14.2 Å². The Labute approximate surface area is 244 Å². The molecule has 1 aliphatic carbocycles. The molecule has 0 N–H and O–H groups in total. The number of hydrogen-bond donors (Lipinski definition) is 0. The van der Waals surface area contributed by atoms with Crippen molar-refractivity contribution < 1.29 is 23.8 Å². The number of aromatic nitrogens is 4. The van der Waals surface area contributed by atoms with E-state index in [1.54, 1.807) is 25.1 Å². The van der Waals surface area contributed by atoms with Crippen molar-refractivity contribution in [3.05, 3.63) is 88.2 Å². The van der Waals surface area contributed by atoms with Crippen LogP contribution in [0.1, 0.15) is 67.6 Å². The lowest BCUT2D eigenvalue weighted by Crippen LogP contribution is -2.33. The van der Waals surface area contributed by atoms with Gasteiger partial charge in [-0.3, -0.25) is 4.79 Å². The topological polar surface area (TPSA) is 109 Å². The fraction of sp³-hybridized carbons (Fsp3) is 0.344. The molecule has 2 aliphatic rings. The molecule has 2 aromatic heterocycles. The van der Waals surface area contributed by atoms with Gasteiger partial charge in [-0.2, -0.15) is 0 Å². The summed E-state index contributed by atoms with van der Waals surface area (Å²) in [5.74, 6) is 2.18. The number of ketones is 1. The van der Waals surface area contributed by atoms with E-state index in [9.17, 15) is 4.79 Å². The smallest absolute Gasteiger partial charge is 0.228 e. The van der Waals surface area contributed by atoms with Crippen molar-refractivity contribution in [2.75, 3.05) is 14.2 Å². The first-order chi connectivity index (χ1) is 20.2. The first-order valence-electron chi connectivity index (χ1n) is 13.8. The number of carbonyl (C=O) groups excluding carboxylic acids is 1. The van der Waals surface area contributed by atoms with Gasteiger partial charge in [0.1, 0.15) is 12.1 Å². The fourth-order valence-electron chi connectivity index (χ4n) is 5.65. The highest BCUT2D eigenvalue weighted by Crippen LogP contribution is 2.51. The Morgan fingerprint density at radius 2 is 1.86 bits per heavy atom. The number of oxime groups is 1. The minimum absolute atomic E-state index is 0.0395. The van der Waals surface area contributed by atoms with E-state index in [-0.39, 0.29) is 17.8 Å². The molecule has 0 spiro atoms. The Balaban J connectivity index is 1.41. The van der Waals surface area contributed by atoms with Gasteiger partial charge < -0.3 is 19.0 Å². The summed E-state index contributed by atoms with van der Waals surface area (Å²) < 4.78 is 19.0. The van der Waals surface area contributed by atoms with Crippen molar-refractivity contribution in [1.29, 1.82) is 0 Å². The number of rotatable bonds is 7. The summed E-state index contributed by atoms with van der Waals surface area (Å²) in [5.41, 5.74) is 5.32. The maximum Gasteiger partial charge on any atom is 0.228 e. The minimum Gasteiger partial charge on any atom is -0.493 e. The van der Waals surface area contributed by atoms with Gasteiger partial charge in [-0.25, -0.2) is 14.5 Å². The molecule has 216 valence electrons. The molecular weight excluding hydrogens is 534 g/mol. The summed E-state index contributed by atoms with van der Waals surface area (Å²) in [4.78, 5) is 28.7. The number of allylic oxidation sites excluding steroid dienone is 2. The second kappa shape index (κ2) is 10.6. The lowest BCUT2D eigenvalue weighted by atomic mass is 9.70. The van der Waals surface area contributed by atoms with Crippen LogP contribution in [-0.4, -0.2) is 45.3 Å². The molecule has 42 heavy (non-hydrogen) atoms. The Kier molecular flexibility index (Phi) is 6.92. The number of fused-ring (bicyclic) bond motifs is 3. The monoisotopic (exact) mass is 567 g/mol. The molecule has 0 saturated carbocycles. The SMILES string of the molecule is COc1ccc([C@@H]2C3=C(CC(C)(C)CC3=O)Oc3ncn4nc(CO/N=C(\C)c5ccc(C)cc5)nc4c32)cc1OC. The second-order valence-electron chi connectivity index (χ2n) is 11.5. The van der Waals surface area contributed by atoms with Gasteiger partial charge in [0.2, 0.25) is 5.88 Å². The number of ether oxygens (including phenoxy) is 3. The molecule has 0 radical (unpaired) electrons. The summed E-state index contributed by atoms with van der Waals surface area (Å²) in [6.45, 7) is 8.13. The van der Waals surface area contributed by atoms with Gasteiger partial charge in [0.15, 0.2) is 35.4 Å². The number of aryl methyl sites for hydroxylation is 1. The van der Waals surface area contributed by atoms with E-state index >= 15 is 0 Å². The van der Waals surface area contributed by atoms with Gasteiger partial charge in [-0.1, -0.05) is 54.9 Å². The van der Waals surface area contributed by atoms with Crippen LogP contribution in [0.15, 0.2) is 65.3 Å².